The van der Waals surface area contributed by atoms with Crippen molar-refractivity contribution in [3.05, 3.63) is 11.6 Å². The maximum absolute atomic E-state index is 6.56. The molecular formula is C44H80O. The summed E-state index contributed by atoms with van der Waals surface area (Å²) in [4.78, 5) is 0. The Morgan fingerprint density at radius 3 is 1.93 bits per heavy atom. The van der Waals surface area contributed by atoms with Crippen LogP contribution in [0.4, 0.5) is 0 Å². The Labute approximate surface area is 283 Å². The monoisotopic (exact) mass is 625 g/mol. The summed E-state index contributed by atoms with van der Waals surface area (Å²) in [6, 6.07) is 0. The highest BCUT2D eigenvalue weighted by Crippen LogP contribution is 2.67. The van der Waals surface area contributed by atoms with Gasteiger partial charge in [0.15, 0.2) is 0 Å². The Morgan fingerprint density at radius 2 is 1.31 bits per heavy atom. The van der Waals surface area contributed by atoms with E-state index in [-0.39, 0.29) is 0 Å². The molecule has 0 spiro atoms. The van der Waals surface area contributed by atoms with E-state index >= 15 is 0 Å². The van der Waals surface area contributed by atoms with Gasteiger partial charge in [-0.05, 0) is 104 Å². The minimum absolute atomic E-state index is 0.458. The zero-order chi connectivity index (χ0) is 32.1. The lowest BCUT2D eigenvalue weighted by molar-refractivity contribution is -0.0641. The summed E-state index contributed by atoms with van der Waals surface area (Å²) in [6.07, 6.45) is 40.3. The summed E-state index contributed by atoms with van der Waals surface area (Å²) in [5.74, 6) is 5.60. The zero-order valence-corrected chi connectivity index (χ0v) is 31.6. The summed E-state index contributed by atoms with van der Waals surface area (Å²) in [6.45, 7) is 16.1. The van der Waals surface area contributed by atoms with Gasteiger partial charge >= 0.3 is 0 Å². The first-order valence-electron chi connectivity index (χ1n) is 21.1. The van der Waals surface area contributed by atoms with Crippen LogP contribution in [-0.4, -0.2) is 12.7 Å². The predicted octanol–water partition coefficient (Wildman–Crippen LogP) is 14.3. The maximum Gasteiger partial charge on any atom is 0.0612 e. The van der Waals surface area contributed by atoms with Crippen molar-refractivity contribution in [2.75, 3.05) is 6.61 Å². The van der Waals surface area contributed by atoms with E-state index in [0.29, 0.717) is 16.9 Å². The molecule has 0 saturated heterocycles. The minimum Gasteiger partial charge on any atom is -0.378 e. The van der Waals surface area contributed by atoms with Crippen LogP contribution in [0.25, 0.3) is 0 Å². The molecule has 0 aromatic heterocycles. The minimum atomic E-state index is 0.458. The fourth-order valence-electron chi connectivity index (χ4n) is 11.5. The van der Waals surface area contributed by atoms with Gasteiger partial charge in [-0.25, -0.2) is 0 Å². The van der Waals surface area contributed by atoms with Crippen molar-refractivity contribution in [1.82, 2.24) is 0 Å². The van der Waals surface area contributed by atoms with Gasteiger partial charge in [0.2, 0.25) is 0 Å². The van der Waals surface area contributed by atoms with E-state index in [4.69, 9.17) is 4.74 Å². The average molecular weight is 625 g/mol. The van der Waals surface area contributed by atoms with Gasteiger partial charge in [-0.3, -0.25) is 0 Å². The van der Waals surface area contributed by atoms with Gasteiger partial charge in [-0.15, -0.1) is 0 Å². The van der Waals surface area contributed by atoms with Crippen molar-refractivity contribution in [3.63, 3.8) is 0 Å². The van der Waals surface area contributed by atoms with Crippen molar-refractivity contribution < 1.29 is 4.74 Å². The molecule has 0 amide bonds. The second kappa shape index (κ2) is 19.0. The zero-order valence-electron chi connectivity index (χ0n) is 31.6. The molecule has 0 aliphatic heterocycles. The third-order valence-electron chi connectivity index (χ3n) is 14.4. The molecule has 8 atom stereocenters. The van der Waals surface area contributed by atoms with Crippen LogP contribution in [0, 0.1) is 46.3 Å². The van der Waals surface area contributed by atoms with E-state index in [0.717, 1.165) is 42.1 Å². The fraction of sp³-hybridized carbons (Fsp3) is 0.955. The molecule has 8 unspecified atom stereocenters. The number of ether oxygens (including phenoxy) is 1. The van der Waals surface area contributed by atoms with Crippen LogP contribution in [0.5, 0.6) is 0 Å². The molecule has 3 saturated carbocycles. The molecule has 1 nitrogen and oxygen atoms in total. The van der Waals surface area contributed by atoms with Crippen molar-refractivity contribution in [1.29, 1.82) is 0 Å². The number of allylic oxidation sites excluding steroid dienone is 1. The number of hydrogen-bond acceptors (Lipinski definition) is 1. The van der Waals surface area contributed by atoms with E-state index < -0.39 is 0 Å². The highest BCUT2D eigenvalue weighted by Gasteiger charge is 2.59. The Hall–Kier alpha value is -0.300. The van der Waals surface area contributed by atoms with Crippen LogP contribution in [-0.2, 0) is 4.74 Å². The second-order valence-electron chi connectivity index (χ2n) is 18.0. The van der Waals surface area contributed by atoms with E-state index in [1.54, 1.807) is 5.57 Å². The van der Waals surface area contributed by atoms with Gasteiger partial charge < -0.3 is 4.74 Å². The second-order valence-corrected chi connectivity index (χ2v) is 18.0. The van der Waals surface area contributed by atoms with Gasteiger partial charge in [-0.2, -0.15) is 0 Å². The van der Waals surface area contributed by atoms with Crippen LogP contribution in [0.15, 0.2) is 11.6 Å². The van der Waals surface area contributed by atoms with Crippen molar-refractivity contribution >= 4 is 0 Å². The smallest absolute Gasteiger partial charge is 0.0612 e. The molecule has 45 heavy (non-hydrogen) atoms. The molecule has 0 aromatic carbocycles. The predicted molar refractivity (Wildman–Crippen MR) is 198 cm³/mol. The molecule has 0 bridgehead atoms. The van der Waals surface area contributed by atoms with Gasteiger partial charge in [0.25, 0.3) is 0 Å². The highest BCUT2D eigenvalue weighted by atomic mass is 16.5. The lowest BCUT2D eigenvalue weighted by Crippen LogP contribution is -2.51. The van der Waals surface area contributed by atoms with Crippen molar-refractivity contribution in [2.24, 2.45) is 46.3 Å². The number of rotatable bonds is 22. The van der Waals surface area contributed by atoms with E-state index in [1.807, 2.05) is 0 Å². The average Bonchev–Trinajstić information content (AvgIpc) is 3.38. The highest BCUT2D eigenvalue weighted by molar-refractivity contribution is 5.25. The summed E-state index contributed by atoms with van der Waals surface area (Å²) in [7, 11) is 0. The van der Waals surface area contributed by atoms with Crippen LogP contribution in [0.2, 0.25) is 0 Å². The molecule has 0 N–H and O–H groups in total. The Morgan fingerprint density at radius 1 is 0.689 bits per heavy atom. The molecule has 3 fully saturated rings. The first-order chi connectivity index (χ1) is 21.8. The Kier molecular flexibility index (Phi) is 15.9. The van der Waals surface area contributed by atoms with Crippen LogP contribution >= 0.6 is 0 Å². The topological polar surface area (TPSA) is 9.23 Å². The van der Waals surface area contributed by atoms with Gasteiger partial charge in [0.1, 0.15) is 0 Å². The van der Waals surface area contributed by atoms with Crippen molar-refractivity contribution in [2.45, 2.75) is 215 Å². The summed E-state index contributed by atoms with van der Waals surface area (Å²) in [5, 5.41) is 0. The third-order valence-corrected chi connectivity index (χ3v) is 14.4. The molecule has 0 heterocycles. The van der Waals surface area contributed by atoms with Gasteiger partial charge in [0.05, 0.1) is 6.10 Å². The maximum atomic E-state index is 6.56. The first kappa shape index (κ1) is 37.5. The molecule has 1 heteroatoms. The summed E-state index contributed by atoms with van der Waals surface area (Å²) >= 11 is 0. The molecule has 0 radical (unpaired) electrons. The lowest BCUT2D eigenvalue weighted by atomic mass is 9.47. The molecule has 262 valence electrons. The van der Waals surface area contributed by atoms with Crippen LogP contribution in [0.1, 0.15) is 208 Å². The molecular weight excluding hydrogens is 544 g/mol. The van der Waals surface area contributed by atoms with Gasteiger partial charge in [-0.1, -0.05) is 162 Å². The number of hydrogen-bond donors (Lipinski definition) is 0. The van der Waals surface area contributed by atoms with E-state index in [1.165, 1.54) is 167 Å². The van der Waals surface area contributed by atoms with Crippen molar-refractivity contribution in [3.8, 4) is 0 Å². The van der Waals surface area contributed by atoms with Gasteiger partial charge in [0, 0.05) is 6.61 Å². The summed E-state index contributed by atoms with van der Waals surface area (Å²) < 4.78 is 6.56. The lowest BCUT2D eigenvalue weighted by Gasteiger charge is -2.58. The fourth-order valence-corrected chi connectivity index (χ4v) is 11.5. The quantitative estimate of drug-likeness (QED) is 0.0860. The third kappa shape index (κ3) is 10.3. The molecule has 4 aliphatic rings. The summed E-state index contributed by atoms with van der Waals surface area (Å²) in [5.41, 5.74) is 2.87. The van der Waals surface area contributed by atoms with E-state index in [2.05, 4.69) is 47.6 Å². The largest absolute Gasteiger partial charge is 0.378 e. The molecule has 0 aromatic rings. The number of unbranched alkanes of at least 4 members (excludes halogenated alkanes) is 14. The molecule has 4 aliphatic carbocycles. The Bertz CT molecular complexity index is 842. The molecule has 4 rings (SSSR count). The van der Waals surface area contributed by atoms with Crippen LogP contribution < -0.4 is 0 Å². The normalized spacial score (nSPS) is 33.5. The number of fused-ring (bicyclic) bond motifs is 5. The van der Waals surface area contributed by atoms with E-state index in [9.17, 15) is 0 Å². The first-order valence-corrected chi connectivity index (χ1v) is 21.1. The Balaban J connectivity index is 1.09. The standard InChI is InChI=1S/C44H80O/c1-7-8-9-10-11-12-13-14-15-16-17-18-19-20-21-33-45-38-29-31-43(5)37(34-38)25-26-39-41-28-27-40(36(4)24-22-23-35(2)3)44(41,6)32-30-42(39)43/h25,35-36,38-42H,7-24,26-34H2,1-6H3. The van der Waals surface area contributed by atoms with Crippen LogP contribution in [0.3, 0.4) is 0 Å². The SMILES string of the molecule is CCCCCCCCCCCCCCCCCOC1CCC2(C)C(=CCC3C2CCC2(C)C(C(C)CCCC(C)C)CCC32)C1.